The number of benzene rings is 1. The maximum absolute atomic E-state index is 13.2. The Labute approximate surface area is 162 Å². The predicted octanol–water partition coefficient (Wildman–Crippen LogP) is 1.84. The number of sulfone groups is 1. The maximum Gasteiger partial charge on any atom is 0.244 e. The normalized spacial score (nSPS) is 21.1. The number of ether oxygens (including phenoxy) is 1. The first kappa shape index (κ1) is 20.1. The summed E-state index contributed by atoms with van der Waals surface area (Å²) in [4.78, 5) is 14.9. The van der Waals surface area contributed by atoms with Crippen LogP contribution in [-0.2, 0) is 14.6 Å². The third-order valence-electron chi connectivity index (χ3n) is 5.88. The van der Waals surface area contributed by atoms with Crippen molar-refractivity contribution in [2.45, 2.75) is 50.4 Å². The van der Waals surface area contributed by atoms with Crippen molar-refractivity contribution in [1.29, 1.82) is 0 Å². The van der Waals surface area contributed by atoms with Crippen LogP contribution < -0.4 is 10.1 Å². The first-order valence-electron chi connectivity index (χ1n) is 9.66. The van der Waals surface area contributed by atoms with Crippen LogP contribution in [0.2, 0.25) is 0 Å². The van der Waals surface area contributed by atoms with Crippen molar-refractivity contribution in [1.82, 2.24) is 10.2 Å². The van der Waals surface area contributed by atoms with E-state index >= 15 is 0 Å². The van der Waals surface area contributed by atoms with Gasteiger partial charge in [0.1, 0.15) is 11.9 Å². The molecule has 0 aromatic heterocycles. The monoisotopic (exact) mass is 394 g/mol. The number of rotatable bonds is 4. The second kappa shape index (κ2) is 7.80. The van der Waals surface area contributed by atoms with Gasteiger partial charge >= 0.3 is 0 Å². The van der Waals surface area contributed by atoms with E-state index in [1.165, 1.54) is 6.26 Å². The molecule has 7 heteroatoms. The zero-order valence-corrected chi connectivity index (χ0v) is 17.3. The molecular weight excluding hydrogens is 364 g/mol. The number of carbonyl (C=O) groups excluding carboxylic acids is 1. The van der Waals surface area contributed by atoms with E-state index in [4.69, 9.17) is 4.74 Å². The second-order valence-corrected chi connectivity index (χ2v) is 10.2. The zero-order chi connectivity index (χ0) is 19.7. The van der Waals surface area contributed by atoms with E-state index in [2.05, 4.69) is 17.4 Å². The molecule has 2 fully saturated rings. The molecule has 2 aliphatic heterocycles. The molecule has 27 heavy (non-hydrogen) atoms. The Bertz CT molecular complexity index is 792. The summed E-state index contributed by atoms with van der Waals surface area (Å²) in [5.41, 5.74) is 2.26. The molecule has 150 valence electrons. The summed E-state index contributed by atoms with van der Waals surface area (Å²) in [5.74, 6) is 0.669. The highest BCUT2D eigenvalue weighted by Crippen LogP contribution is 2.32. The molecule has 1 aromatic rings. The van der Waals surface area contributed by atoms with Crippen LogP contribution in [-0.4, -0.2) is 62.5 Å². The van der Waals surface area contributed by atoms with Gasteiger partial charge in [-0.25, -0.2) is 8.42 Å². The van der Waals surface area contributed by atoms with E-state index < -0.39 is 14.6 Å². The van der Waals surface area contributed by atoms with E-state index in [9.17, 15) is 13.2 Å². The molecule has 0 aliphatic carbocycles. The van der Waals surface area contributed by atoms with Crippen LogP contribution in [0.4, 0.5) is 0 Å². The molecule has 0 radical (unpaired) electrons. The zero-order valence-electron chi connectivity index (χ0n) is 16.5. The number of hydrogen-bond acceptors (Lipinski definition) is 5. The van der Waals surface area contributed by atoms with Gasteiger partial charge in [-0.1, -0.05) is 12.1 Å². The molecule has 0 saturated carbocycles. The lowest BCUT2D eigenvalue weighted by Crippen LogP contribution is -2.59. The molecule has 1 aromatic carbocycles. The van der Waals surface area contributed by atoms with Crippen molar-refractivity contribution in [2.24, 2.45) is 0 Å². The van der Waals surface area contributed by atoms with Gasteiger partial charge in [0.15, 0.2) is 14.6 Å². The summed E-state index contributed by atoms with van der Waals surface area (Å²) >= 11 is 0. The third-order valence-corrected chi connectivity index (χ3v) is 7.88. The molecule has 3 rings (SSSR count). The van der Waals surface area contributed by atoms with Gasteiger partial charge in [-0.15, -0.1) is 0 Å². The lowest BCUT2D eigenvalue weighted by molar-refractivity contribution is -0.136. The molecule has 0 unspecified atom stereocenters. The second-order valence-electron chi connectivity index (χ2n) is 7.89. The lowest BCUT2D eigenvalue weighted by atomic mass is 9.94. The highest BCUT2D eigenvalue weighted by Gasteiger charge is 2.50. The summed E-state index contributed by atoms with van der Waals surface area (Å²) in [7, 11) is -3.47. The van der Waals surface area contributed by atoms with Crippen LogP contribution in [0.5, 0.6) is 5.75 Å². The Morgan fingerprint density at radius 3 is 2.41 bits per heavy atom. The van der Waals surface area contributed by atoms with Crippen LogP contribution in [0.25, 0.3) is 0 Å². The van der Waals surface area contributed by atoms with E-state index in [0.717, 1.165) is 29.7 Å². The Kier molecular flexibility index (Phi) is 5.82. The molecule has 0 atom stereocenters. The molecular formula is C20H30N2O4S. The summed E-state index contributed by atoms with van der Waals surface area (Å²) in [5, 5.41) is 3.16. The topological polar surface area (TPSA) is 75.7 Å². The largest absolute Gasteiger partial charge is 0.490 e. The van der Waals surface area contributed by atoms with Crippen molar-refractivity contribution in [3.63, 3.8) is 0 Å². The summed E-state index contributed by atoms with van der Waals surface area (Å²) in [6, 6.07) is 6.16. The van der Waals surface area contributed by atoms with Gasteiger partial charge in [-0.05, 0) is 57.0 Å². The van der Waals surface area contributed by atoms with Gasteiger partial charge in [0, 0.05) is 32.2 Å². The van der Waals surface area contributed by atoms with Crippen molar-refractivity contribution in [2.75, 3.05) is 32.4 Å². The van der Waals surface area contributed by atoms with E-state index in [-0.39, 0.29) is 12.0 Å². The molecule has 0 bridgehead atoms. The minimum atomic E-state index is -3.47. The minimum absolute atomic E-state index is 0.0526. The van der Waals surface area contributed by atoms with Gasteiger partial charge < -0.3 is 15.0 Å². The fourth-order valence-corrected chi connectivity index (χ4v) is 5.44. The highest BCUT2D eigenvalue weighted by atomic mass is 32.2. The number of amides is 1. The molecule has 6 nitrogen and oxygen atoms in total. The minimum Gasteiger partial charge on any atom is -0.490 e. The number of carbonyl (C=O) groups is 1. The van der Waals surface area contributed by atoms with Crippen LogP contribution in [0.3, 0.4) is 0 Å². The summed E-state index contributed by atoms with van der Waals surface area (Å²) in [6.45, 7) is 6.27. The number of piperidine rings is 2. The fraction of sp³-hybridized carbons (Fsp3) is 0.650. The van der Waals surface area contributed by atoms with Crippen LogP contribution in [0, 0.1) is 13.8 Å². The number of likely N-dealkylation sites (tertiary alicyclic amines) is 1. The maximum atomic E-state index is 13.2. The molecule has 1 N–H and O–H groups in total. The van der Waals surface area contributed by atoms with Gasteiger partial charge in [0.2, 0.25) is 5.91 Å². The fourth-order valence-electron chi connectivity index (χ4n) is 4.05. The van der Waals surface area contributed by atoms with Crippen molar-refractivity contribution >= 4 is 15.7 Å². The number of nitrogens with one attached hydrogen (secondary N) is 1. The Balaban J connectivity index is 1.66. The first-order chi connectivity index (χ1) is 12.7. The summed E-state index contributed by atoms with van der Waals surface area (Å²) in [6.07, 6.45) is 3.39. The molecule has 2 heterocycles. The molecule has 2 saturated heterocycles. The predicted molar refractivity (Wildman–Crippen MR) is 106 cm³/mol. The van der Waals surface area contributed by atoms with Gasteiger partial charge in [-0.2, -0.15) is 0 Å². The van der Waals surface area contributed by atoms with Gasteiger partial charge in [0.05, 0.1) is 0 Å². The average molecular weight is 395 g/mol. The lowest BCUT2D eigenvalue weighted by Gasteiger charge is -2.41. The van der Waals surface area contributed by atoms with Crippen molar-refractivity contribution in [3.05, 3.63) is 29.3 Å². The van der Waals surface area contributed by atoms with Crippen molar-refractivity contribution < 1.29 is 17.9 Å². The van der Waals surface area contributed by atoms with E-state index in [0.29, 0.717) is 39.0 Å². The SMILES string of the molecule is Cc1ccc(C)c(OC2CCN(C(=O)C3(S(C)(=O)=O)CCNCC3)CC2)c1. The number of nitrogens with zero attached hydrogens (tertiary/aromatic N) is 1. The molecule has 2 aliphatic rings. The Hall–Kier alpha value is -1.60. The van der Waals surface area contributed by atoms with Crippen molar-refractivity contribution in [3.8, 4) is 5.75 Å². The summed E-state index contributed by atoms with van der Waals surface area (Å²) < 4.78 is 29.8. The Morgan fingerprint density at radius 2 is 1.81 bits per heavy atom. The van der Waals surface area contributed by atoms with Crippen LogP contribution in [0.15, 0.2) is 18.2 Å². The Morgan fingerprint density at radius 1 is 1.19 bits per heavy atom. The van der Waals surface area contributed by atoms with E-state index in [1.54, 1.807) is 4.90 Å². The average Bonchev–Trinajstić information content (AvgIpc) is 2.64. The smallest absolute Gasteiger partial charge is 0.244 e. The van der Waals surface area contributed by atoms with Gasteiger partial charge in [0.25, 0.3) is 0 Å². The number of hydrogen-bond donors (Lipinski definition) is 1. The van der Waals surface area contributed by atoms with E-state index in [1.807, 2.05) is 19.9 Å². The highest BCUT2D eigenvalue weighted by molar-refractivity contribution is 7.92. The molecule has 1 amide bonds. The molecule has 0 spiro atoms. The van der Waals surface area contributed by atoms with Gasteiger partial charge in [-0.3, -0.25) is 4.79 Å². The van der Waals surface area contributed by atoms with Crippen LogP contribution in [0.1, 0.15) is 36.8 Å². The number of aryl methyl sites for hydroxylation is 2. The quantitative estimate of drug-likeness (QED) is 0.843. The standard InChI is InChI=1S/C20H30N2O4S/c1-15-4-5-16(2)18(14-15)26-17-6-12-22(13-7-17)19(23)20(27(3,24)25)8-10-21-11-9-20/h4-5,14,17,21H,6-13H2,1-3H3. The van der Waals surface area contributed by atoms with Crippen LogP contribution >= 0.6 is 0 Å². The third kappa shape index (κ3) is 4.14. The first-order valence-corrected chi connectivity index (χ1v) is 11.6.